The van der Waals surface area contributed by atoms with Crippen LogP contribution < -0.4 is 5.73 Å². The molecule has 0 spiro atoms. The van der Waals surface area contributed by atoms with Crippen molar-refractivity contribution in [2.24, 2.45) is 0 Å². The zero-order valence-corrected chi connectivity index (χ0v) is 14.3. The number of halogens is 2. The number of carbonyl (C=O) groups is 2. The summed E-state index contributed by atoms with van der Waals surface area (Å²) in [5.41, 5.74) is 7.40. The van der Waals surface area contributed by atoms with Crippen LogP contribution in [-0.2, 0) is 9.47 Å². The van der Waals surface area contributed by atoms with Gasteiger partial charge in [-0.1, -0.05) is 0 Å². The van der Waals surface area contributed by atoms with Gasteiger partial charge in [0.2, 0.25) is 0 Å². The van der Waals surface area contributed by atoms with Gasteiger partial charge in [0.1, 0.15) is 0 Å². The van der Waals surface area contributed by atoms with Crippen molar-refractivity contribution in [3.8, 4) is 0 Å². The highest BCUT2D eigenvalue weighted by atomic mass is 127. The molecule has 1 aromatic carbocycles. The van der Waals surface area contributed by atoms with Crippen LogP contribution in [0.1, 0.15) is 26.3 Å². The Morgan fingerprint density at radius 1 is 1.00 bits per heavy atom. The van der Waals surface area contributed by atoms with Crippen molar-refractivity contribution in [3.05, 3.63) is 23.8 Å². The van der Waals surface area contributed by atoms with Gasteiger partial charge in [0.15, 0.2) is 0 Å². The van der Waals surface area contributed by atoms with E-state index in [0.717, 1.165) is 0 Å². The number of hydrogen-bond donors (Lipinski definition) is 1. The highest BCUT2D eigenvalue weighted by Crippen LogP contribution is 2.33. The van der Waals surface area contributed by atoms with E-state index in [9.17, 15) is 9.59 Å². The predicted molar refractivity (Wildman–Crippen MR) is 83.7 cm³/mol. The van der Waals surface area contributed by atoms with Crippen molar-refractivity contribution in [2.45, 2.75) is 6.92 Å². The Balaban J connectivity index is 3.70. The highest BCUT2D eigenvalue weighted by Gasteiger charge is 2.26. The monoisotopic (exact) mass is 475 g/mol. The first kappa shape index (κ1) is 15.5. The van der Waals surface area contributed by atoms with Gasteiger partial charge in [0, 0.05) is 0 Å². The molecule has 0 aliphatic heterocycles. The van der Waals surface area contributed by atoms with Crippen molar-refractivity contribution in [2.75, 3.05) is 20.0 Å². The maximum Gasteiger partial charge on any atom is 0.339 e. The normalized spacial score (nSPS) is 10.1. The summed E-state index contributed by atoms with van der Waals surface area (Å²) >= 11 is 3.93. The second kappa shape index (κ2) is 6.04. The van der Waals surface area contributed by atoms with E-state index in [1.54, 1.807) is 6.92 Å². The summed E-state index contributed by atoms with van der Waals surface area (Å²) in [6.07, 6.45) is 0. The predicted octanol–water partition coefficient (Wildman–Crippen LogP) is 2.36. The van der Waals surface area contributed by atoms with E-state index in [2.05, 4.69) is 0 Å². The number of methoxy groups -OCH3 is 2. The Labute approximate surface area is 132 Å². The number of carbonyl (C=O) groups excluding carboxylic acids is 2. The SMILES string of the molecule is COC(=O)c1c(C)c(C(=O)OC)c(I)c(N)c1I. The Morgan fingerprint density at radius 3 is 1.61 bits per heavy atom. The third-order valence-electron chi connectivity index (χ3n) is 2.44. The lowest BCUT2D eigenvalue weighted by Crippen LogP contribution is -2.16. The number of ether oxygens (including phenoxy) is 2. The van der Waals surface area contributed by atoms with E-state index in [-0.39, 0.29) is 0 Å². The maximum absolute atomic E-state index is 11.7. The third kappa shape index (κ3) is 2.56. The number of anilines is 1. The van der Waals surface area contributed by atoms with Crippen LogP contribution in [0.2, 0.25) is 0 Å². The van der Waals surface area contributed by atoms with Gasteiger partial charge in [-0.2, -0.15) is 0 Å². The van der Waals surface area contributed by atoms with Crippen molar-refractivity contribution in [3.63, 3.8) is 0 Å². The summed E-state index contributed by atoms with van der Waals surface area (Å²) in [4.78, 5) is 23.5. The van der Waals surface area contributed by atoms with Crippen LogP contribution in [0.3, 0.4) is 0 Å². The summed E-state index contributed by atoms with van der Waals surface area (Å²) in [6, 6.07) is 0. The molecule has 7 heteroatoms. The summed E-state index contributed by atoms with van der Waals surface area (Å²) < 4.78 is 10.6. The molecule has 0 unspecified atom stereocenters. The van der Waals surface area contributed by atoms with Crippen LogP contribution >= 0.6 is 45.2 Å². The minimum absolute atomic E-state index is 0.302. The molecule has 2 N–H and O–H groups in total. The van der Waals surface area contributed by atoms with Crippen LogP contribution in [0.4, 0.5) is 5.69 Å². The molecular weight excluding hydrogens is 464 g/mol. The molecule has 0 bridgehead atoms. The van der Waals surface area contributed by atoms with E-state index in [1.807, 2.05) is 45.2 Å². The number of benzene rings is 1. The number of esters is 2. The fourth-order valence-electron chi connectivity index (χ4n) is 1.51. The first-order chi connectivity index (χ1) is 8.36. The second-order valence-electron chi connectivity index (χ2n) is 3.40. The van der Waals surface area contributed by atoms with E-state index >= 15 is 0 Å². The Morgan fingerprint density at radius 2 is 1.33 bits per heavy atom. The molecular formula is C11H11I2NO4. The minimum Gasteiger partial charge on any atom is -0.465 e. The van der Waals surface area contributed by atoms with Gasteiger partial charge in [0.25, 0.3) is 0 Å². The van der Waals surface area contributed by atoms with Crippen molar-refractivity contribution in [1.29, 1.82) is 0 Å². The molecule has 0 atom stereocenters. The lowest BCUT2D eigenvalue weighted by molar-refractivity contribution is 0.0596. The van der Waals surface area contributed by atoms with Crippen molar-refractivity contribution >= 4 is 62.8 Å². The first-order valence-corrected chi connectivity index (χ1v) is 6.96. The molecule has 1 rings (SSSR count). The average Bonchev–Trinajstić information content (AvgIpc) is 2.35. The minimum atomic E-state index is -0.523. The molecule has 0 saturated carbocycles. The Hall–Kier alpha value is -0.580. The smallest absolute Gasteiger partial charge is 0.339 e. The molecule has 0 aliphatic rings. The second-order valence-corrected chi connectivity index (χ2v) is 5.56. The molecule has 1 aromatic rings. The lowest BCUT2D eigenvalue weighted by Gasteiger charge is -2.15. The number of rotatable bonds is 2. The number of nitrogen functional groups attached to an aromatic ring is 1. The molecule has 0 amide bonds. The number of hydrogen-bond acceptors (Lipinski definition) is 5. The highest BCUT2D eigenvalue weighted by molar-refractivity contribution is 14.1. The molecule has 5 nitrogen and oxygen atoms in total. The molecule has 0 fully saturated rings. The Kier molecular flexibility index (Phi) is 5.20. The van der Waals surface area contributed by atoms with Crippen LogP contribution in [0.25, 0.3) is 0 Å². The standard InChI is InChI=1S/C11H11I2NO4/c1-4-5(10(15)17-2)7(12)9(14)8(13)6(4)11(16)18-3/h14H2,1-3H3. The quantitative estimate of drug-likeness (QED) is 0.404. The van der Waals surface area contributed by atoms with E-state index in [1.165, 1.54) is 14.2 Å². The molecule has 0 radical (unpaired) electrons. The van der Waals surface area contributed by atoms with Crippen molar-refractivity contribution < 1.29 is 19.1 Å². The van der Waals surface area contributed by atoms with Crippen LogP contribution in [0.5, 0.6) is 0 Å². The molecule has 0 aromatic heterocycles. The van der Waals surface area contributed by atoms with Crippen molar-refractivity contribution in [1.82, 2.24) is 0 Å². The van der Waals surface area contributed by atoms with Crippen LogP contribution in [-0.4, -0.2) is 26.2 Å². The van der Waals surface area contributed by atoms with Gasteiger partial charge in [-0.15, -0.1) is 0 Å². The van der Waals surface area contributed by atoms with E-state index < -0.39 is 11.9 Å². The third-order valence-corrected chi connectivity index (χ3v) is 4.68. The van der Waals surface area contributed by atoms with Gasteiger partial charge in [-0.25, -0.2) is 9.59 Å². The molecule has 98 valence electrons. The molecule has 18 heavy (non-hydrogen) atoms. The largest absolute Gasteiger partial charge is 0.465 e. The van der Waals surface area contributed by atoms with Gasteiger partial charge < -0.3 is 15.2 Å². The van der Waals surface area contributed by atoms with Gasteiger partial charge in [-0.3, -0.25) is 0 Å². The van der Waals surface area contributed by atoms with Gasteiger partial charge in [-0.05, 0) is 57.7 Å². The Bertz CT molecular complexity index is 485. The fraction of sp³-hybridized carbons (Fsp3) is 0.273. The zero-order chi connectivity index (χ0) is 14.0. The number of nitrogens with two attached hydrogens (primary N) is 1. The van der Waals surface area contributed by atoms with Gasteiger partial charge in [0.05, 0.1) is 38.2 Å². The zero-order valence-electron chi connectivity index (χ0n) is 9.97. The van der Waals surface area contributed by atoms with Crippen LogP contribution in [0, 0.1) is 14.1 Å². The summed E-state index contributed by atoms with van der Waals surface area (Å²) in [5, 5.41) is 0. The summed E-state index contributed by atoms with van der Waals surface area (Å²) in [7, 11) is 2.56. The van der Waals surface area contributed by atoms with Gasteiger partial charge >= 0.3 is 11.9 Å². The summed E-state index contributed by atoms with van der Waals surface area (Å²) in [6.45, 7) is 1.67. The summed E-state index contributed by atoms with van der Waals surface area (Å²) in [5.74, 6) is -1.05. The molecule has 0 saturated heterocycles. The fourth-order valence-corrected chi connectivity index (χ4v) is 3.81. The lowest BCUT2D eigenvalue weighted by atomic mass is 10.0. The molecule has 0 aliphatic carbocycles. The average molecular weight is 475 g/mol. The van der Waals surface area contributed by atoms with Crippen LogP contribution in [0.15, 0.2) is 0 Å². The molecule has 0 heterocycles. The maximum atomic E-state index is 11.7. The first-order valence-electron chi connectivity index (χ1n) is 4.80. The topological polar surface area (TPSA) is 78.6 Å². The van der Waals surface area contributed by atoms with E-state index in [0.29, 0.717) is 29.5 Å². The van der Waals surface area contributed by atoms with E-state index in [4.69, 9.17) is 15.2 Å².